The van der Waals surface area contributed by atoms with E-state index in [9.17, 15) is 14.9 Å². The number of methoxy groups -OCH3 is 1. The van der Waals surface area contributed by atoms with Crippen LogP contribution in [0.3, 0.4) is 0 Å². The first kappa shape index (κ1) is 19.5. The summed E-state index contributed by atoms with van der Waals surface area (Å²) in [5, 5.41) is 16.0. The fourth-order valence-corrected chi connectivity index (χ4v) is 3.55. The lowest BCUT2D eigenvalue weighted by molar-refractivity contribution is -0.384. The predicted octanol–water partition coefficient (Wildman–Crippen LogP) is 4.90. The molecule has 28 heavy (non-hydrogen) atoms. The van der Waals surface area contributed by atoms with E-state index >= 15 is 0 Å². The molecular weight excluding hydrogens is 378 g/mol. The van der Waals surface area contributed by atoms with Crippen LogP contribution in [0, 0.1) is 30.9 Å². The van der Waals surface area contributed by atoms with Gasteiger partial charge < -0.3 is 4.74 Å². The largest absolute Gasteiger partial charge is 0.496 e. The smallest absolute Gasteiger partial charge is 0.270 e. The topological polar surface area (TPSA) is 94.4 Å². The van der Waals surface area contributed by atoms with Crippen LogP contribution in [0.4, 0.5) is 10.8 Å². The first-order valence-corrected chi connectivity index (χ1v) is 9.35. The molecule has 0 saturated carbocycles. The van der Waals surface area contributed by atoms with Gasteiger partial charge in [0, 0.05) is 23.1 Å². The number of rotatable bonds is 5. The third-order valence-electron chi connectivity index (χ3n) is 4.48. The first-order chi connectivity index (χ1) is 13.3. The second-order valence-corrected chi connectivity index (χ2v) is 7.24. The maximum absolute atomic E-state index is 12.6. The van der Waals surface area contributed by atoms with Crippen LogP contribution in [0.15, 0.2) is 35.7 Å². The number of non-ortho nitro benzene ring substituents is 1. The number of nitro benzene ring substituents is 1. The fraction of sp³-hybridized carbons (Fsp3) is 0.200. The molecule has 1 amide bonds. The van der Waals surface area contributed by atoms with Crippen molar-refractivity contribution in [3.8, 4) is 17.0 Å². The number of hydrogen-bond donors (Lipinski definition) is 1. The monoisotopic (exact) mass is 397 g/mol. The summed E-state index contributed by atoms with van der Waals surface area (Å²) < 4.78 is 5.15. The molecule has 2 aromatic carbocycles. The number of ether oxygens (including phenoxy) is 1. The van der Waals surface area contributed by atoms with Gasteiger partial charge in [0.25, 0.3) is 11.6 Å². The molecule has 0 aliphatic rings. The number of aromatic nitrogens is 1. The van der Waals surface area contributed by atoms with Crippen molar-refractivity contribution in [3.63, 3.8) is 0 Å². The molecule has 3 rings (SSSR count). The zero-order chi connectivity index (χ0) is 20.4. The highest BCUT2D eigenvalue weighted by molar-refractivity contribution is 7.14. The molecule has 0 unspecified atom stereocenters. The Labute approximate surface area is 166 Å². The Bertz CT molecular complexity index is 1080. The Kier molecular flexibility index (Phi) is 5.41. The van der Waals surface area contributed by atoms with Crippen molar-refractivity contribution in [3.05, 3.63) is 68.1 Å². The molecule has 0 fully saturated rings. The minimum absolute atomic E-state index is 0.0795. The van der Waals surface area contributed by atoms with Crippen LogP contribution in [0.25, 0.3) is 11.3 Å². The number of hydrogen-bond acceptors (Lipinski definition) is 6. The summed E-state index contributed by atoms with van der Waals surface area (Å²) in [4.78, 5) is 27.6. The van der Waals surface area contributed by atoms with Crippen molar-refractivity contribution in [2.45, 2.75) is 20.8 Å². The highest BCUT2D eigenvalue weighted by Gasteiger charge is 2.19. The molecule has 0 aliphatic heterocycles. The lowest BCUT2D eigenvalue weighted by Crippen LogP contribution is -2.13. The highest BCUT2D eigenvalue weighted by atomic mass is 32.1. The molecule has 0 saturated heterocycles. The van der Waals surface area contributed by atoms with E-state index in [2.05, 4.69) is 29.4 Å². The van der Waals surface area contributed by atoms with Crippen LogP contribution in [0.2, 0.25) is 0 Å². The van der Waals surface area contributed by atoms with Gasteiger partial charge in [-0.3, -0.25) is 20.2 Å². The van der Waals surface area contributed by atoms with Crippen LogP contribution in [0.5, 0.6) is 5.75 Å². The number of thiazole rings is 1. The van der Waals surface area contributed by atoms with Gasteiger partial charge in [-0.05, 0) is 49.6 Å². The number of carbonyl (C=O) groups excluding carboxylic acids is 1. The summed E-state index contributed by atoms with van der Waals surface area (Å²) in [7, 11) is 1.40. The number of carbonyl (C=O) groups is 1. The molecule has 7 nitrogen and oxygen atoms in total. The number of nitrogens with zero attached hydrogens (tertiary/aromatic N) is 2. The summed E-state index contributed by atoms with van der Waals surface area (Å²) in [5.41, 5.74) is 5.15. The molecule has 0 radical (unpaired) electrons. The van der Waals surface area contributed by atoms with Gasteiger partial charge >= 0.3 is 0 Å². The van der Waals surface area contributed by atoms with E-state index in [4.69, 9.17) is 4.74 Å². The predicted molar refractivity (Wildman–Crippen MR) is 109 cm³/mol. The van der Waals surface area contributed by atoms with E-state index < -0.39 is 10.8 Å². The number of aryl methyl sites for hydroxylation is 3. The summed E-state index contributed by atoms with van der Waals surface area (Å²) in [6, 6.07) is 8.07. The Balaban J connectivity index is 1.88. The Hall–Kier alpha value is -3.26. The van der Waals surface area contributed by atoms with Gasteiger partial charge in [0.2, 0.25) is 0 Å². The van der Waals surface area contributed by atoms with E-state index in [-0.39, 0.29) is 17.0 Å². The summed E-state index contributed by atoms with van der Waals surface area (Å²) in [6.07, 6.45) is 0. The number of nitro groups is 1. The van der Waals surface area contributed by atoms with Crippen molar-refractivity contribution in [2.24, 2.45) is 0 Å². The van der Waals surface area contributed by atoms with Crippen LogP contribution in [0.1, 0.15) is 27.0 Å². The highest BCUT2D eigenvalue weighted by Crippen LogP contribution is 2.30. The SMILES string of the molecule is COc1ccc([N+](=O)[O-])cc1C(=O)Nc1nc(-c2cc(C)c(C)cc2C)cs1. The standard InChI is InChI=1S/C20H19N3O4S/c1-11-7-13(3)15(8-12(11)2)17-10-28-20(21-17)22-19(24)16-9-14(23(25)26)5-6-18(16)27-4/h5-10H,1-4H3,(H,21,22,24). The average molecular weight is 397 g/mol. The van der Waals surface area contributed by atoms with E-state index in [0.29, 0.717) is 5.13 Å². The number of anilines is 1. The van der Waals surface area contributed by atoms with E-state index in [1.165, 1.54) is 47.8 Å². The second-order valence-electron chi connectivity index (χ2n) is 6.39. The fourth-order valence-electron chi connectivity index (χ4n) is 2.84. The molecule has 0 aliphatic carbocycles. The molecule has 0 bridgehead atoms. The number of amides is 1. The zero-order valence-electron chi connectivity index (χ0n) is 15.9. The van der Waals surface area contributed by atoms with E-state index in [1.807, 2.05) is 19.2 Å². The van der Waals surface area contributed by atoms with Crippen molar-refractivity contribution in [1.82, 2.24) is 4.98 Å². The lowest BCUT2D eigenvalue weighted by atomic mass is 9.99. The molecule has 0 atom stereocenters. The van der Waals surface area contributed by atoms with Gasteiger partial charge in [-0.25, -0.2) is 4.98 Å². The number of benzene rings is 2. The minimum Gasteiger partial charge on any atom is -0.496 e. The first-order valence-electron chi connectivity index (χ1n) is 8.47. The minimum atomic E-state index is -0.555. The van der Waals surface area contributed by atoms with E-state index in [1.54, 1.807) is 0 Å². The summed E-state index contributed by atoms with van der Waals surface area (Å²) in [5.74, 6) is -0.261. The normalized spacial score (nSPS) is 10.6. The van der Waals surface area contributed by atoms with Crippen molar-refractivity contribution in [2.75, 3.05) is 12.4 Å². The molecule has 144 valence electrons. The van der Waals surface area contributed by atoms with Crippen molar-refractivity contribution < 1.29 is 14.5 Å². The maximum Gasteiger partial charge on any atom is 0.270 e. The van der Waals surface area contributed by atoms with Gasteiger partial charge in [-0.15, -0.1) is 11.3 Å². The van der Waals surface area contributed by atoms with Gasteiger partial charge in [0.05, 0.1) is 23.3 Å². The Morgan fingerprint density at radius 3 is 2.54 bits per heavy atom. The Morgan fingerprint density at radius 1 is 1.14 bits per heavy atom. The maximum atomic E-state index is 12.6. The van der Waals surface area contributed by atoms with Crippen molar-refractivity contribution in [1.29, 1.82) is 0 Å². The van der Waals surface area contributed by atoms with Gasteiger partial charge in [-0.2, -0.15) is 0 Å². The number of nitrogens with one attached hydrogen (secondary N) is 1. The molecule has 1 aromatic heterocycles. The lowest BCUT2D eigenvalue weighted by Gasteiger charge is -2.08. The molecule has 3 aromatic rings. The quantitative estimate of drug-likeness (QED) is 0.488. The van der Waals surface area contributed by atoms with Crippen LogP contribution < -0.4 is 10.1 Å². The second kappa shape index (κ2) is 7.77. The van der Waals surface area contributed by atoms with Gasteiger partial charge in [-0.1, -0.05) is 6.07 Å². The molecule has 1 N–H and O–H groups in total. The van der Waals surface area contributed by atoms with Crippen molar-refractivity contribution >= 4 is 28.1 Å². The van der Waals surface area contributed by atoms with Crippen LogP contribution in [-0.4, -0.2) is 22.9 Å². The molecule has 8 heteroatoms. The third-order valence-corrected chi connectivity index (χ3v) is 5.24. The molecule has 0 spiro atoms. The zero-order valence-corrected chi connectivity index (χ0v) is 16.7. The van der Waals surface area contributed by atoms with Crippen LogP contribution in [-0.2, 0) is 0 Å². The Morgan fingerprint density at radius 2 is 1.86 bits per heavy atom. The van der Waals surface area contributed by atoms with E-state index in [0.717, 1.165) is 16.8 Å². The summed E-state index contributed by atoms with van der Waals surface area (Å²) in [6.45, 7) is 6.13. The van der Waals surface area contributed by atoms with Gasteiger partial charge in [0.15, 0.2) is 5.13 Å². The van der Waals surface area contributed by atoms with Gasteiger partial charge in [0.1, 0.15) is 5.75 Å². The van der Waals surface area contributed by atoms with Crippen LogP contribution >= 0.6 is 11.3 Å². The molecular formula is C20H19N3O4S. The average Bonchev–Trinajstić information content (AvgIpc) is 3.12. The molecule has 1 heterocycles. The third kappa shape index (κ3) is 3.86. The summed E-state index contributed by atoms with van der Waals surface area (Å²) >= 11 is 1.29.